The average Bonchev–Trinajstić information content (AvgIpc) is 3.44. The number of amides is 1. The van der Waals surface area contributed by atoms with Gasteiger partial charge in [-0.05, 0) is 30.7 Å². The first-order valence-corrected chi connectivity index (χ1v) is 10.8. The van der Waals surface area contributed by atoms with Gasteiger partial charge in [0.1, 0.15) is 6.07 Å². The molecule has 0 radical (unpaired) electrons. The van der Waals surface area contributed by atoms with Crippen molar-refractivity contribution in [2.45, 2.75) is 13.5 Å². The lowest BCUT2D eigenvalue weighted by Gasteiger charge is -2.41. The number of aryl methyl sites for hydroxylation is 1. The number of anilines is 1. The molecule has 164 valence electrons. The van der Waals surface area contributed by atoms with Crippen LogP contribution in [-0.4, -0.2) is 38.4 Å². The summed E-state index contributed by atoms with van der Waals surface area (Å²) in [4.78, 5) is 13.5. The van der Waals surface area contributed by atoms with Crippen LogP contribution in [0, 0.1) is 17.2 Å². The fourth-order valence-electron chi connectivity index (χ4n) is 4.23. The molecule has 3 aromatic heterocycles. The summed E-state index contributed by atoms with van der Waals surface area (Å²) in [5, 5.41) is 18.4. The number of primary amides is 1. The van der Waals surface area contributed by atoms with E-state index in [0.717, 1.165) is 53.1 Å². The molecule has 1 aliphatic rings. The van der Waals surface area contributed by atoms with E-state index in [0.29, 0.717) is 11.1 Å². The molecular weight excluding hydrogens is 414 g/mol. The third-order valence-corrected chi connectivity index (χ3v) is 6.26. The fraction of sp³-hybridized carbons (Fsp3) is 0.200. The Hall–Kier alpha value is -4.38. The molecule has 1 amide bonds. The molecule has 8 nitrogen and oxygen atoms in total. The van der Waals surface area contributed by atoms with Gasteiger partial charge in [-0.2, -0.15) is 15.5 Å². The van der Waals surface area contributed by atoms with Crippen molar-refractivity contribution >= 4 is 17.1 Å². The monoisotopic (exact) mass is 437 g/mol. The highest BCUT2D eigenvalue weighted by atomic mass is 16.1. The van der Waals surface area contributed by atoms with E-state index in [1.807, 2.05) is 42.3 Å². The number of nitrogens with two attached hydrogens (primary N) is 1. The van der Waals surface area contributed by atoms with Crippen LogP contribution in [0.5, 0.6) is 0 Å². The zero-order chi connectivity index (χ0) is 23.1. The number of rotatable bonds is 6. The van der Waals surface area contributed by atoms with Crippen LogP contribution in [0.2, 0.25) is 0 Å². The summed E-state index contributed by atoms with van der Waals surface area (Å²) in [6.45, 7) is 8.09. The lowest BCUT2D eigenvalue weighted by atomic mass is 9.91. The second-order valence-corrected chi connectivity index (χ2v) is 8.23. The van der Waals surface area contributed by atoms with Crippen LogP contribution in [0.3, 0.4) is 0 Å². The minimum atomic E-state index is -0.433. The lowest BCUT2D eigenvalue weighted by molar-refractivity contribution is -0.115. The summed E-state index contributed by atoms with van der Waals surface area (Å²) < 4.78 is 3.64. The van der Waals surface area contributed by atoms with E-state index in [1.54, 1.807) is 10.7 Å². The Kier molecular flexibility index (Phi) is 4.94. The van der Waals surface area contributed by atoms with E-state index in [1.165, 1.54) is 0 Å². The van der Waals surface area contributed by atoms with Gasteiger partial charge in [0.2, 0.25) is 5.91 Å². The van der Waals surface area contributed by atoms with Crippen LogP contribution < -0.4 is 10.6 Å². The Morgan fingerprint density at radius 1 is 1.15 bits per heavy atom. The standard InChI is InChI=1S/C25H23N7O/c1-3-31-14-20(11-28-31)18-8-23(24-19(9-26)10-29-32(24)15-18)17-4-6-22(7-5-17)30-12-21(13-30)16(2)25(27)33/h4-8,10-11,14-15,21H,2-3,12-13H2,1H3,(H2,27,33). The number of carbonyl (C=O) groups excluding carboxylic acids is 1. The Bertz CT molecular complexity index is 1420. The normalized spacial score (nSPS) is 13.6. The van der Waals surface area contributed by atoms with E-state index >= 15 is 0 Å². The molecule has 1 aromatic carbocycles. The van der Waals surface area contributed by atoms with E-state index in [4.69, 9.17) is 5.73 Å². The molecule has 1 fully saturated rings. The third-order valence-electron chi connectivity index (χ3n) is 6.26. The van der Waals surface area contributed by atoms with Crippen molar-refractivity contribution in [2.24, 2.45) is 11.7 Å². The molecule has 0 saturated carbocycles. The van der Waals surface area contributed by atoms with Gasteiger partial charge in [-0.15, -0.1) is 0 Å². The van der Waals surface area contributed by atoms with E-state index in [2.05, 4.69) is 45.9 Å². The molecule has 5 rings (SSSR count). The van der Waals surface area contributed by atoms with Gasteiger partial charge in [0.05, 0.1) is 23.5 Å². The Labute approximate surface area is 191 Å². The number of carbonyl (C=O) groups is 1. The van der Waals surface area contributed by atoms with Crippen LogP contribution in [0.1, 0.15) is 12.5 Å². The van der Waals surface area contributed by atoms with Gasteiger partial charge >= 0.3 is 0 Å². The van der Waals surface area contributed by atoms with E-state index in [-0.39, 0.29) is 5.92 Å². The van der Waals surface area contributed by atoms with Gasteiger partial charge in [0.15, 0.2) is 0 Å². The molecule has 0 spiro atoms. The molecule has 1 saturated heterocycles. The first-order valence-electron chi connectivity index (χ1n) is 10.8. The van der Waals surface area contributed by atoms with Crippen LogP contribution in [0.4, 0.5) is 5.69 Å². The molecule has 4 heterocycles. The molecule has 0 atom stereocenters. The van der Waals surface area contributed by atoms with Crippen molar-refractivity contribution in [3.8, 4) is 28.3 Å². The maximum absolute atomic E-state index is 11.3. The van der Waals surface area contributed by atoms with Crippen molar-refractivity contribution in [3.63, 3.8) is 0 Å². The first kappa shape index (κ1) is 20.5. The molecule has 33 heavy (non-hydrogen) atoms. The molecule has 2 N–H and O–H groups in total. The molecule has 0 bridgehead atoms. The second kappa shape index (κ2) is 7.95. The van der Waals surface area contributed by atoms with E-state index in [9.17, 15) is 10.1 Å². The van der Waals surface area contributed by atoms with E-state index < -0.39 is 5.91 Å². The van der Waals surface area contributed by atoms with Gasteiger partial charge in [-0.25, -0.2) is 4.52 Å². The predicted molar refractivity (Wildman–Crippen MR) is 126 cm³/mol. The summed E-state index contributed by atoms with van der Waals surface area (Å²) in [7, 11) is 0. The molecule has 0 unspecified atom stereocenters. The zero-order valence-electron chi connectivity index (χ0n) is 18.3. The largest absolute Gasteiger partial charge is 0.370 e. The maximum atomic E-state index is 11.3. The third kappa shape index (κ3) is 3.53. The maximum Gasteiger partial charge on any atom is 0.244 e. The topological polar surface area (TPSA) is 105 Å². The van der Waals surface area contributed by atoms with Gasteiger partial charge in [0.25, 0.3) is 0 Å². The van der Waals surface area contributed by atoms with Crippen molar-refractivity contribution < 1.29 is 4.79 Å². The quantitative estimate of drug-likeness (QED) is 0.466. The molecule has 0 aliphatic carbocycles. The second-order valence-electron chi connectivity index (χ2n) is 8.23. The average molecular weight is 438 g/mol. The number of pyridine rings is 1. The molecule has 4 aromatic rings. The minimum Gasteiger partial charge on any atom is -0.370 e. The number of fused-ring (bicyclic) bond motifs is 1. The Morgan fingerprint density at radius 2 is 1.91 bits per heavy atom. The summed E-state index contributed by atoms with van der Waals surface area (Å²) in [6.07, 6.45) is 7.37. The van der Waals surface area contributed by atoms with Crippen LogP contribution in [0.15, 0.2) is 67.3 Å². The fourth-order valence-corrected chi connectivity index (χ4v) is 4.23. The van der Waals surface area contributed by atoms with Crippen molar-refractivity contribution in [1.82, 2.24) is 19.4 Å². The SMILES string of the molecule is C=C(C(N)=O)C1CN(c2ccc(-c3cc(-c4cnn(CC)c4)cn4ncc(C#N)c34)cc2)C1. The lowest BCUT2D eigenvalue weighted by Crippen LogP contribution is -2.49. The summed E-state index contributed by atoms with van der Waals surface area (Å²) >= 11 is 0. The number of aromatic nitrogens is 4. The minimum absolute atomic E-state index is 0.104. The van der Waals surface area contributed by atoms with Crippen LogP contribution in [-0.2, 0) is 11.3 Å². The summed E-state index contributed by atoms with van der Waals surface area (Å²) in [5.41, 5.74) is 12.1. The van der Waals surface area contributed by atoms with Crippen LogP contribution >= 0.6 is 0 Å². The summed E-state index contributed by atoms with van der Waals surface area (Å²) in [5.74, 6) is -0.329. The molecule has 1 aliphatic heterocycles. The number of nitrogens with zero attached hydrogens (tertiary/aromatic N) is 6. The van der Waals surface area contributed by atoms with Gasteiger partial charge in [-0.3, -0.25) is 9.48 Å². The smallest absolute Gasteiger partial charge is 0.244 e. The highest BCUT2D eigenvalue weighted by Gasteiger charge is 2.31. The number of benzene rings is 1. The van der Waals surface area contributed by atoms with Crippen molar-refractivity contribution in [1.29, 1.82) is 5.26 Å². The first-order chi connectivity index (χ1) is 16.0. The van der Waals surface area contributed by atoms with Gasteiger partial charge < -0.3 is 10.6 Å². The highest BCUT2D eigenvalue weighted by Crippen LogP contribution is 2.34. The van der Waals surface area contributed by atoms with Crippen LogP contribution in [0.25, 0.3) is 27.8 Å². The Balaban J connectivity index is 1.50. The summed E-state index contributed by atoms with van der Waals surface area (Å²) in [6, 6.07) is 12.5. The zero-order valence-corrected chi connectivity index (χ0v) is 18.3. The number of nitriles is 1. The Morgan fingerprint density at radius 3 is 2.55 bits per heavy atom. The predicted octanol–water partition coefficient (Wildman–Crippen LogP) is 3.23. The number of hydrogen-bond acceptors (Lipinski definition) is 5. The van der Waals surface area contributed by atoms with Crippen molar-refractivity contribution in [2.75, 3.05) is 18.0 Å². The molecule has 8 heteroatoms. The van der Waals surface area contributed by atoms with Crippen molar-refractivity contribution in [3.05, 3.63) is 72.8 Å². The molecular formula is C25H23N7O. The highest BCUT2D eigenvalue weighted by molar-refractivity contribution is 5.92. The van der Waals surface area contributed by atoms with Gasteiger partial charge in [0, 0.05) is 65.9 Å². The number of hydrogen-bond donors (Lipinski definition) is 1. The van der Waals surface area contributed by atoms with Gasteiger partial charge in [-0.1, -0.05) is 18.7 Å².